The molecule has 1 heterocycles. The Hall–Kier alpha value is -1.54. The summed E-state index contributed by atoms with van der Waals surface area (Å²) in [5, 5.41) is 0. The summed E-state index contributed by atoms with van der Waals surface area (Å²) in [4.78, 5) is 21.7. The molecule has 0 spiro atoms. The summed E-state index contributed by atoms with van der Waals surface area (Å²) in [6, 6.07) is 0. The van der Waals surface area contributed by atoms with E-state index in [4.69, 9.17) is 20.6 Å². The van der Waals surface area contributed by atoms with Gasteiger partial charge < -0.3 is 14.2 Å². The Kier molecular flexibility index (Phi) is 4.98. The van der Waals surface area contributed by atoms with E-state index in [2.05, 4.69) is 5.92 Å². The summed E-state index contributed by atoms with van der Waals surface area (Å²) in [5.74, 6) is 1.64. The third-order valence-electron chi connectivity index (χ3n) is 2.42. The highest BCUT2D eigenvalue weighted by atomic mass is 16.6. The SMILES string of the molecule is C#C[C@@H]1CC[C@@H]([C@@H](COC(C)=O)OC(C)=O)O1. The van der Waals surface area contributed by atoms with Gasteiger partial charge in [-0.2, -0.15) is 0 Å². The lowest BCUT2D eigenvalue weighted by atomic mass is 10.1. The van der Waals surface area contributed by atoms with Gasteiger partial charge in [0.1, 0.15) is 12.7 Å². The van der Waals surface area contributed by atoms with E-state index in [1.54, 1.807) is 0 Å². The van der Waals surface area contributed by atoms with Gasteiger partial charge in [-0.3, -0.25) is 9.59 Å². The summed E-state index contributed by atoms with van der Waals surface area (Å²) in [5.41, 5.74) is 0. The smallest absolute Gasteiger partial charge is 0.303 e. The van der Waals surface area contributed by atoms with Crippen molar-refractivity contribution in [3.8, 4) is 12.3 Å². The maximum absolute atomic E-state index is 10.9. The number of carbonyl (C=O) groups excluding carboxylic acids is 2. The van der Waals surface area contributed by atoms with Crippen molar-refractivity contribution in [1.82, 2.24) is 0 Å². The predicted octanol–water partition coefficient (Wildman–Crippen LogP) is 0.662. The van der Waals surface area contributed by atoms with Crippen LogP contribution in [0, 0.1) is 12.3 Å². The lowest BCUT2D eigenvalue weighted by molar-refractivity contribution is -0.164. The van der Waals surface area contributed by atoms with E-state index < -0.39 is 18.0 Å². The molecule has 0 amide bonds. The van der Waals surface area contributed by atoms with E-state index in [-0.39, 0.29) is 18.8 Å². The van der Waals surface area contributed by atoms with Crippen molar-refractivity contribution >= 4 is 11.9 Å². The molecule has 1 aliphatic heterocycles. The first-order valence-electron chi connectivity index (χ1n) is 5.45. The second-order valence-corrected chi connectivity index (χ2v) is 3.86. The van der Waals surface area contributed by atoms with Crippen LogP contribution in [0.3, 0.4) is 0 Å². The molecule has 0 aliphatic carbocycles. The van der Waals surface area contributed by atoms with Crippen molar-refractivity contribution in [3.63, 3.8) is 0 Å². The average molecular weight is 240 g/mol. The molecule has 0 aromatic heterocycles. The van der Waals surface area contributed by atoms with Gasteiger partial charge in [-0.15, -0.1) is 6.42 Å². The van der Waals surface area contributed by atoms with Gasteiger partial charge in [0, 0.05) is 13.8 Å². The second-order valence-electron chi connectivity index (χ2n) is 3.86. The fourth-order valence-corrected chi connectivity index (χ4v) is 1.69. The lowest BCUT2D eigenvalue weighted by Gasteiger charge is -2.22. The van der Waals surface area contributed by atoms with Crippen LogP contribution in [0.25, 0.3) is 0 Å². The molecule has 1 saturated heterocycles. The van der Waals surface area contributed by atoms with Gasteiger partial charge in [0.25, 0.3) is 0 Å². The fourth-order valence-electron chi connectivity index (χ4n) is 1.69. The van der Waals surface area contributed by atoms with Gasteiger partial charge in [-0.05, 0) is 12.8 Å². The Morgan fingerprint density at radius 1 is 1.41 bits per heavy atom. The molecule has 5 nitrogen and oxygen atoms in total. The van der Waals surface area contributed by atoms with Crippen LogP contribution >= 0.6 is 0 Å². The molecular weight excluding hydrogens is 224 g/mol. The van der Waals surface area contributed by atoms with E-state index in [0.29, 0.717) is 6.42 Å². The van der Waals surface area contributed by atoms with Crippen LogP contribution in [0.2, 0.25) is 0 Å². The molecular formula is C12H16O5. The molecule has 0 bridgehead atoms. The molecule has 5 heteroatoms. The van der Waals surface area contributed by atoms with Crippen molar-refractivity contribution in [2.24, 2.45) is 0 Å². The summed E-state index contributed by atoms with van der Waals surface area (Å²) in [7, 11) is 0. The molecule has 0 unspecified atom stereocenters. The van der Waals surface area contributed by atoms with Gasteiger partial charge in [0.15, 0.2) is 6.10 Å². The van der Waals surface area contributed by atoms with Crippen molar-refractivity contribution in [3.05, 3.63) is 0 Å². The van der Waals surface area contributed by atoms with E-state index in [1.165, 1.54) is 13.8 Å². The molecule has 0 aromatic rings. The maximum atomic E-state index is 10.9. The first-order chi connectivity index (χ1) is 8.02. The summed E-state index contributed by atoms with van der Waals surface area (Å²) in [6.07, 6.45) is 5.51. The minimum atomic E-state index is -0.588. The van der Waals surface area contributed by atoms with E-state index >= 15 is 0 Å². The number of carbonyl (C=O) groups is 2. The number of esters is 2. The molecule has 1 fully saturated rings. The zero-order valence-electron chi connectivity index (χ0n) is 9.97. The minimum absolute atomic E-state index is 0.00310. The Morgan fingerprint density at radius 2 is 2.12 bits per heavy atom. The van der Waals surface area contributed by atoms with Crippen molar-refractivity contribution in [2.45, 2.75) is 45.0 Å². The largest absolute Gasteiger partial charge is 0.462 e. The number of rotatable bonds is 4. The normalized spacial score (nSPS) is 24.8. The third kappa shape index (κ3) is 4.45. The van der Waals surface area contributed by atoms with Gasteiger partial charge in [-0.1, -0.05) is 5.92 Å². The zero-order chi connectivity index (χ0) is 12.8. The molecule has 0 saturated carbocycles. The average Bonchev–Trinajstić information content (AvgIpc) is 2.71. The quantitative estimate of drug-likeness (QED) is 0.533. The van der Waals surface area contributed by atoms with Gasteiger partial charge in [-0.25, -0.2) is 0 Å². The van der Waals surface area contributed by atoms with E-state index in [1.807, 2.05) is 0 Å². The first kappa shape index (κ1) is 13.5. The van der Waals surface area contributed by atoms with Crippen LogP contribution in [0.4, 0.5) is 0 Å². The number of ether oxygens (including phenoxy) is 3. The molecule has 17 heavy (non-hydrogen) atoms. The topological polar surface area (TPSA) is 61.8 Å². The fraction of sp³-hybridized carbons (Fsp3) is 0.667. The maximum Gasteiger partial charge on any atom is 0.303 e. The van der Waals surface area contributed by atoms with Gasteiger partial charge >= 0.3 is 11.9 Å². The van der Waals surface area contributed by atoms with Gasteiger partial charge in [0.05, 0.1) is 6.10 Å². The third-order valence-corrected chi connectivity index (χ3v) is 2.42. The van der Waals surface area contributed by atoms with E-state index in [0.717, 1.165) is 6.42 Å². The standard InChI is InChI=1S/C12H16O5/c1-4-10-5-6-11(17-10)12(16-9(3)14)7-15-8(2)13/h1,10-12H,5-7H2,2-3H3/t10-,11+,12-/m1/s1. The van der Waals surface area contributed by atoms with Crippen LogP contribution in [0.5, 0.6) is 0 Å². The highest BCUT2D eigenvalue weighted by Gasteiger charge is 2.33. The molecule has 0 radical (unpaired) electrons. The van der Waals surface area contributed by atoms with Crippen molar-refractivity contribution in [1.29, 1.82) is 0 Å². The lowest BCUT2D eigenvalue weighted by Crippen LogP contribution is -2.35. The van der Waals surface area contributed by atoms with Crippen LogP contribution in [-0.2, 0) is 23.8 Å². The van der Waals surface area contributed by atoms with Crippen LogP contribution in [0.1, 0.15) is 26.7 Å². The Labute approximate surface area is 100 Å². The highest BCUT2D eigenvalue weighted by Crippen LogP contribution is 2.23. The molecule has 1 rings (SSSR count). The number of hydrogen-bond acceptors (Lipinski definition) is 5. The highest BCUT2D eigenvalue weighted by molar-refractivity contribution is 5.67. The zero-order valence-corrected chi connectivity index (χ0v) is 9.97. The van der Waals surface area contributed by atoms with E-state index in [9.17, 15) is 9.59 Å². The molecule has 3 atom stereocenters. The summed E-state index contributed by atoms with van der Waals surface area (Å²) < 4.78 is 15.4. The first-order valence-corrected chi connectivity index (χ1v) is 5.45. The van der Waals surface area contributed by atoms with Crippen molar-refractivity contribution < 1.29 is 23.8 Å². The molecule has 0 aromatic carbocycles. The Bertz CT molecular complexity index is 330. The van der Waals surface area contributed by atoms with Crippen molar-refractivity contribution in [2.75, 3.05) is 6.61 Å². The Balaban J connectivity index is 2.54. The second kappa shape index (κ2) is 6.26. The van der Waals surface area contributed by atoms with Gasteiger partial charge in [0.2, 0.25) is 0 Å². The Morgan fingerprint density at radius 3 is 2.59 bits per heavy atom. The predicted molar refractivity (Wildman–Crippen MR) is 58.9 cm³/mol. The van der Waals surface area contributed by atoms with Crippen LogP contribution in [-0.4, -0.2) is 36.9 Å². The van der Waals surface area contributed by atoms with Crippen LogP contribution < -0.4 is 0 Å². The molecule has 1 aliphatic rings. The summed E-state index contributed by atoms with van der Waals surface area (Å²) in [6.45, 7) is 2.59. The minimum Gasteiger partial charge on any atom is -0.462 e. The molecule has 0 N–H and O–H groups in total. The molecule has 94 valence electrons. The number of hydrogen-bond donors (Lipinski definition) is 0. The number of terminal acetylenes is 1. The van der Waals surface area contributed by atoms with Crippen LogP contribution in [0.15, 0.2) is 0 Å². The monoisotopic (exact) mass is 240 g/mol. The summed E-state index contributed by atoms with van der Waals surface area (Å²) >= 11 is 0.